The number of ether oxygens (including phenoxy) is 2. The van der Waals surface area contributed by atoms with E-state index in [4.69, 9.17) is 9.47 Å². The maximum absolute atomic E-state index is 6.28. The zero-order valence-corrected chi connectivity index (χ0v) is 14.1. The first-order chi connectivity index (χ1) is 10.0. The summed E-state index contributed by atoms with van der Waals surface area (Å²) in [5, 5.41) is 3.33. The van der Waals surface area contributed by atoms with Crippen LogP contribution < -0.4 is 5.32 Å². The van der Waals surface area contributed by atoms with Crippen LogP contribution in [0.3, 0.4) is 0 Å². The topological polar surface area (TPSA) is 30.5 Å². The molecule has 2 fully saturated rings. The fourth-order valence-corrected chi connectivity index (χ4v) is 3.62. The Labute approximate surface area is 130 Å². The van der Waals surface area contributed by atoms with E-state index < -0.39 is 0 Å². The van der Waals surface area contributed by atoms with Gasteiger partial charge in [-0.2, -0.15) is 0 Å². The van der Waals surface area contributed by atoms with Crippen molar-refractivity contribution in [2.45, 2.75) is 71.2 Å². The van der Waals surface area contributed by atoms with Crippen molar-refractivity contribution in [3.63, 3.8) is 0 Å². The average Bonchev–Trinajstić information content (AvgIpc) is 2.87. The van der Waals surface area contributed by atoms with Gasteiger partial charge in [0, 0.05) is 19.4 Å². The summed E-state index contributed by atoms with van der Waals surface area (Å²) in [4.78, 5) is 0. The van der Waals surface area contributed by atoms with Crippen LogP contribution in [0.4, 0.5) is 0 Å². The Morgan fingerprint density at radius 1 is 1.33 bits per heavy atom. The highest BCUT2D eigenvalue weighted by molar-refractivity contribution is 4.89. The van der Waals surface area contributed by atoms with Gasteiger partial charge in [-0.25, -0.2) is 0 Å². The van der Waals surface area contributed by atoms with Gasteiger partial charge in [-0.3, -0.25) is 0 Å². The van der Waals surface area contributed by atoms with Crippen LogP contribution in [0.25, 0.3) is 0 Å². The van der Waals surface area contributed by atoms with Crippen molar-refractivity contribution in [3.8, 4) is 0 Å². The summed E-state index contributed by atoms with van der Waals surface area (Å²) in [6.45, 7) is 13.4. The van der Waals surface area contributed by atoms with Crippen LogP contribution in [0.2, 0.25) is 0 Å². The second-order valence-electron chi connectivity index (χ2n) is 7.36. The lowest BCUT2D eigenvalue weighted by Gasteiger charge is -2.42. The lowest BCUT2D eigenvalue weighted by atomic mass is 9.68. The number of hydrogen-bond acceptors (Lipinski definition) is 3. The van der Waals surface area contributed by atoms with Gasteiger partial charge >= 0.3 is 0 Å². The second kappa shape index (κ2) is 7.26. The highest BCUT2D eigenvalue weighted by Gasteiger charge is 2.46. The van der Waals surface area contributed by atoms with Gasteiger partial charge < -0.3 is 14.8 Å². The molecule has 1 aliphatic carbocycles. The molecule has 1 atom stereocenters. The van der Waals surface area contributed by atoms with Gasteiger partial charge in [-0.1, -0.05) is 33.3 Å². The molecular formula is C18H33NO2. The highest BCUT2D eigenvalue weighted by atomic mass is 16.7. The quantitative estimate of drug-likeness (QED) is 0.571. The van der Waals surface area contributed by atoms with Crippen LogP contribution >= 0.6 is 0 Å². The van der Waals surface area contributed by atoms with Crippen molar-refractivity contribution in [2.75, 3.05) is 19.7 Å². The van der Waals surface area contributed by atoms with Crippen molar-refractivity contribution in [1.29, 1.82) is 0 Å². The molecule has 1 saturated carbocycles. The monoisotopic (exact) mass is 295 g/mol. The third-order valence-electron chi connectivity index (χ3n) is 5.61. The molecule has 1 N–H and O–H groups in total. The van der Waals surface area contributed by atoms with E-state index in [1.807, 2.05) is 6.08 Å². The molecule has 1 heterocycles. The van der Waals surface area contributed by atoms with Crippen molar-refractivity contribution in [1.82, 2.24) is 5.32 Å². The minimum Gasteiger partial charge on any atom is -0.347 e. The molecule has 0 aromatic rings. The van der Waals surface area contributed by atoms with Crippen molar-refractivity contribution in [2.24, 2.45) is 11.3 Å². The summed E-state index contributed by atoms with van der Waals surface area (Å²) in [5.74, 6) is 0.553. The minimum absolute atomic E-state index is 0.260. The average molecular weight is 295 g/mol. The number of rotatable bonds is 7. The van der Waals surface area contributed by atoms with E-state index in [-0.39, 0.29) is 11.9 Å². The molecule has 1 unspecified atom stereocenters. The first-order valence-electron chi connectivity index (χ1n) is 8.65. The fraction of sp³-hybridized carbons (Fsp3) is 0.889. The summed E-state index contributed by atoms with van der Waals surface area (Å²) < 4.78 is 12.4. The molecule has 1 saturated heterocycles. The van der Waals surface area contributed by atoms with Gasteiger partial charge in [0.15, 0.2) is 5.79 Å². The third-order valence-corrected chi connectivity index (χ3v) is 5.61. The summed E-state index contributed by atoms with van der Waals surface area (Å²) in [7, 11) is 0. The molecule has 2 aliphatic rings. The van der Waals surface area contributed by atoms with Crippen LogP contribution in [-0.4, -0.2) is 31.6 Å². The molecule has 0 amide bonds. The van der Waals surface area contributed by atoms with Crippen molar-refractivity contribution >= 4 is 0 Å². The Morgan fingerprint density at radius 3 is 2.67 bits per heavy atom. The Balaban J connectivity index is 1.75. The molecule has 122 valence electrons. The zero-order valence-electron chi connectivity index (χ0n) is 14.1. The molecule has 1 aliphatic heterocycles. The molecule has 3 nitrogen and oxygen atoms in total. The van der Waals surface area contributed by atoms with Gasteiger partial charge in [-0.15, -0.1) is 6.58 Å². The molecule has 0 aromatic heterocycles. The van der Waals surface area contributed by atoms with Gasteiger partial charge in [0.2, 0.25) is 0 Å². The summed E-state index contributed by atoms with van der Waals surface area (Å²) in [6.07, 6.45) is 9.05. The highest BCUT2D eigenvalue weighted by Crippen LogP contribution is 2.47. The van der Waals surface area contributed by atoms with Crippen LogP contribution in [0.15, 0.2) is 12.7 Å². The molecule has 3 heteroatoms. The standard InChI is InChI=1S/C18H33NO2/c1-5-12-19-13-9-16-14-20-18(21-16)10-7-15(8-11-18)17(3,4)6-2/h5,15-16,19H,1,6-14H2,2-4H3. The number of hydrogen-bond donors (Lipinski definition) is 1. The Bertz CT molecular complexity index is 332. The maximum atomic E-state index is 6.28. The Hall–Kier alpha value is -0.380. The van der Waals surface area contributed by atoms with E-state index in [0.29, 0.717) is 5.41 Å². The molecule has 0 radical (unpaired) electrons. The number of nitrogens with one attached hydrogen (secondary N) is 1. The normalized spacial score (nSPS) is 33.5. The lowest BCUT2D eigenvalue weighted by molar-refractivity contribution is -0.197. The molecule has 0 aromatic carbocycles. The van der Waals surface area contributed by atoms with Gasteiger partial charge in [-0.05, 0) is 37.1 Å². The van der Waals surface area contributed by atoms with Crippen LogP contribution in [0.5, 0.6) is 0 Å². The summed E-state index contributed by atoms with van der Waals surface area (Å²) in [6, 6.07) is 0. The van der Waals surface area contributed by atoms with Crippen molar-refractivity contribution < 1.29 is 9.47 Å². The van der Waals surface area contributed by atoms with Gasteiger partial charge in [0.05, 0.1) is 12.7 Å². The van der Waals surface area contributed by atoms with Crippen molar-refractivity contribution in [3.05, 3.63) is 12.7 Å². The van der Waals surface area contributed by atoms with E-state index >= 15 is 0 Å². The first kappa shape index (κ1) is 17.0. The zero-order chi connectivity index (χ0) is 15.3. The fourth-order valence-electron chi connectivity index (χ4n) is 3.62. The molecular weight excluding hydrogens is 262 g/mol. The molecule has 21 heavy (non-hydrogen) atoms. The predicted octanol–water partition coefficient (Wildman–Crippen LogP) is 3.89. The van der Waals surface area contributed by atoms with Crippen LogP contribution in [0, 0.1) is 11.3 Å². The largest absolute Gasteiger partial charge is 0.347 e. The Morgan fingerprint density at radius 2 is 2.05 bits per heavy atom. The van der Waals surface area contributed by atoms with E-state index in [9.17, 15) is 0 Å². The summed E-state index contributed by atoms with van der Waals surface area (Å²) >= 11 is 0. The van der Waals surface area contributed by atoms with Crippen LogP contribution in [0.1, 0.15) is 59.3 Å². The molecule has 0 bridgehead atoms. The minimum atomic E-state index is -0.260. The van der Waals surface area contributed by atoms with E-state index in [0.717, 1.165) is 44.9 Å². The third kappa shape index (κ3) is 4.30. The Kier molecular flexibility index (Phi) is 5.87. The molecule has 2 rings (SSSR count). The van der Waals surface area contributed by atoms with E-state index in [1.54, 1.807) is 0 Å². The maximum Gasteiger partial charge on any atom is 0.168 e. The predicted molar refractivity (Wildman–Crippen MR) is 87.3 cm³/mol. The smallest absolute Gasteiger partial charge is 0.168 e. The lowest BCUT2D eigenvalue weighted by Crippen LogP contribution is -2.39. The van der Waals surface area contributed by atoms with E-state index in [2.05, 4.69) is 32.7 Å². The first-order valence-corrected chi connectivity index (χ1v) is 8.65. The second-order valence-corrected chi connectivity index (χ2v) is 7.36. The molecule has 1 spiro atoms. The SMILES string of the molecule is C=CCNCCC1COC2(CCC(C(C)(C)CC)CC2)O1. The van der Waals surface area contributed by atoms with Gasteiger partial charge in [0.1, 0.15) is 0 Å². The van der Waals surface area contributed by atoms with Gasteiger partial charge in [0.25, 0.3) is 0 Å². The summed E-state index contributed by atoms with van der Waals surface area (Å²) in [5.41, 5.74) is 0.453. The van der Waals surface area contributed by atoms with Crippen LogP contribution in [-0.2, 0) is 9.47 Å². The van der Waals surface area contributed by atoms with E-state index in [1.165, 1.54) is 19.3 Å².